The number of Topliss-reactive ketones (excluding diaryl/α,β-unsaturated/α-hetero) is 1. The van der Waals surface area contributed by atoms with Crippen LogP contribution in [0.4, 0.5) is 0 Å². The van der Waals surface area contributed by atoms with Gasteiger partial charge in [0.1, 0.15) is 5.78 Å². The number of benzene rings is 2. The molecule has 0 aliphatic carbocycles. The van der Waals surface area contributed by atoms with Gasteiger partial charge in [0.2, 0.25) is 0 Å². The van der Waals surface area contributed by atoms with E-state index in [-0.39, 0.29) is 11.8 Å². The molecule has 3 rings (SSSR count). The van der Waals surface area contributed by atoms with Gasteiger partial charge in [-0.15, -0.1) is 0 Å². The Hall–Kier alpha value is -1.93. The highest BCUT2D eigenvalue weighted by atomic mass is 16.1. The summed E-state index contributed by atoms with van der Waals surface area (Å²) in [6, 6.07) is 20.3. The number of likely N-dealkylation sites (N-methyl/N-ethyl adjacent to an activating group) is 1. The fourth-order valence-electron chi connectivity index (χ4n) is 3.03. The molecule has 0 saturated carbocycles. The van der Waals surface area contributed by atoms with Crippen molar-refractivity contribution in [3.8, 4) is 0 Å². The summed E-state index contributed by atoms with van der Waals surface area (Å²) >= 11 is 0. The fraction of sp³-hybridized carbons (Fsp3) is 0.278. The van der Waals surface area contributed by atoms with Crippen LogP contribution in [0.15, 0.2) is 60.7 Å². The zero-order valence-electron chi connectivity index (χ0n) is 11.7. The number of hydrogen-bond donors (Lipinski definition) is 0. The Labute approximate surface area is 120 Å². The van der Waals surface area contributed by atoms with E-state index in [1.807, 2.05) is 36.4 Å². The third-order valence-electron chi connectivity index (χ3n) is 4.08. The van der Waals surface area contributed by atoms with Crippen LogP contribution in [-0.4, -0.2) is 30.8 Å². The van der Waals surface area contributed by atoms with Crippen LogP contribution < -0.4 is 0 Å². The number of nitrogens with zero attached hydrogens (tertiary/aromatic N) is 1. The van der Waals surface area contributed by atoms with Crippen molar-refractivity contribution in [2.24, 2.45) is 0 Å². The van der Waals surface area contributed by atoms with E-state index in [4.69, 9.17) is 0 Å². The van der Waals surface area contributed by atoms with Gasteiger partial charge in [0, 0.05) is 13.1 Å². The molecule has 0 unspecified atom stereocenters. The number of carbonyl (C=O) groups is 1. The monoisotopic (exact) mass is 265 g/mol. The molecule has 20 heavy (non-hydrogen) atoms. The molecule has 0 spiro atoms. The summed E-state index contributed by atoms with van der Waals surface area (Å²) in [6.45, 7) is 1.62. The average Bonchev–Trinajstić information content (AvgIpc) is 2.51. The van der Waals surface area contributed by atoms with E-state index < -0.39 is 0 Å². The van der Waals surface area contributed by atoms with Crippen LogP contribution in [0.2, 0.25) is 0 Å². The summed E-state index contributed by atoms with van der Waals surface area (Å²) in [5, 5.41) is 0. The van der Waals surface area contributed by atoms with E-state index in [2.05, 4.69) is 36.2 Å². The van der Waals surface area contributed by atoms with Crippen LogP contribution in [0, 0.1) is 0 Å². The predicted molar refractivity (Wildman–Crippen MR) is 80.9 cm³/mol. The van der Waals surface area contributed by atoms with Gasteiger partial charge in [-0.2, -0.15) is 0 Å². The van der Waals surface area contributed by atoms with Gasteiger partial charge in [0.25, 0.3) is 0 Å². The molecule has 0 N–H and O–H groups in total. The van der Waals surface area contributed by atoms with Crippen LogP contribution in [0.3, 0.4) is 0 Å². The molecule has 1 aliphatic rings. The summed E-state index contributed by atoms with van der Waals surface area (Å²) in [4.78, 5) is 15.1. The highest BCUT2D eigenvalue weighted by Gasteiger charge is 2.35. The van der Waals surface area contributed by atoms with Gasteiger partial charge in [0.15, 0.2) is 0 Å². The first-order valence-corrected chi connectivity index (χ1v) is 7.08. The second-order valence-corrected chi connectivity index (χ2v) is 5.55. The molecule has 0 amide bonds. The van der Waals surface area contributed by atoms with Gasteiger partial charge < -0.3 is 4.90 Å². The van der Waals surface area contributed by atoms with E-state index in [0.717, 1.165) is 24.2 Å². The van der Waals surface area contributed by atoms with Gasteiger partial charge in [-0.05, 0) is 18.2 Å². The highest BCUT2D eigenvalue weighted by Crippen LogP contribution is 2.31. The maximum absolute atomic E-state index is 12.8. The Bertz CT molecular complexity index is 527. The van der Waals surface area contributed by atoms with E-state index in [9.17, 15) is 4.79 Å². The molecule has 2 heteroatoms. The molecule has 2 aromatic carbocycles. The van der Waals surface area contributed by atoms with Crippen LogP contribution in [0.25, 0.3) is 0 Å². The van der Waals surface area contributed by atoms with Crippen molar-refractivity contribution >= 4 is 5.78 Å². The van der Waals surface area contributed by atoms with Crippen LogP contribution in [0.5, 0.6) is 0 Å². The maximum atomic E-state index is 12.8. The Morgan fingerprint density at radius 1 is 0.800 bits per heavy atom. The third-order valence-corrected chi connectivity index (χ3v) is 4.08. The van der Waals surface area contributed by atoms with Gasteiger partial charge in [-0.25, -0.2) is 0 Å². The summed E-state index contributed by atoms with van der Waals surface area (Å²) in [5.41, 5.74) is 2.26. The van der Waals surface area contributed by atoms with Crippen molar-refractivity contribution in [3.05, 3.63) is 71.8 Å². The molecule has 0 radical (unpaired) electrons. The van der Waals surface area contributed by atoms with Gasteiger partial charge in [0.05, 0.1) is 11.8 Å². The van der Waals surface area contributed by atoms with Gasteiger partial charge >= 0.3 is 0 Å². The van der Waals surface area contributed by atoms with Crippen molar-refractivity contribution in [1.29, 1.82) is 0 Å². The van der Waals surface area contributed by atoms with Crippen molar-refractivity contribution in [3.63, 3.8) is 0 Å². The molecule has 0 bridgehead atoms. The Morgan fingerprint density at radius 3 is 1.60 bits per heavy atom. The fourth-order valence-corrected chi connectivity index (χ4v) is 3.03. The Balaban J connectivity index is 1.92. The van der Waals surface area contributed by atoms with Crippen molar-refractivity contribution in [2.75, 3.05) is 20.1 Å². The van der Waals surface area contributed by atoms with Crippen molar-refractivity contribution < 1.29 is 4.79 Å². The van der Waals surface area contributed by atoms with E-state index in [1.54, 1.807) is 0 Å². The minimum absolute atomic E-state index is 0.0137. The van der Waals surface area contributed by atoms with Crippen molar-refractivity contribution in [1.82, 2.24) is 4.90 Å². The highest BCUT2D eigenvalue weighted by molar-refractivity contribution is 5.93. The number of rotatable bonds is 2. The summed E-state index contributed by atoms with van der Waals surface area (Å²) in [7, 11) is 2.10. The number of ketones is 1. The van der Waals surface area contributed by atoms with Crippen molar-refractivity contribution in [2.45, 2.75) is 11.8 Å². The van der Waals surface area contributed by atoms with Crippen LogP contribution in [0.1, 0.15) is 23.0 Å². The summed E-state index contributed by atoms with van der Waals surface area (Å²) in [6.07, 6.45) is 0. The lowest BCUT2D eigenvalue weighted by atomic mass is 9.80. The normalized spacial score (nSPS) is 23.8. The number of carbonyl (C=O) groups excluding carboxylic acids is 1. The zero-order valence-corrected chi connectivity index (χ0v) is 11.7. The van der Waals surface area contributed by atoms with Gasteiger partial charge in [-0.3, -0.25) is 4.79 Å². The first kappa shape index (κ1) is 13.1. The lowest BCUT2D eigenvalue weighted by Gasteiger charge is -2.35. The number of hydrogen-bond acceptors (Lipinski definition) is 2. The largest absolute Gasteiger partial charge is 0.304 e. The summed E-state index contributed by atoms with van der Waals surface area (Å²) in [5.74, 6) is 0.320. The molecule has 1 saturated heterocycles. The zero-order chi connectivity index (χ0) is 13.9. The Kier molecular flexibility index (Phi) is 3.66. The maximum Gasteiger partial charge on any atom is 0.150 e. The molecule has 1 fully saturated rings. The minimum atomic E-state index is -0.0137. The quantitative estimate of drug-likeness (QED) is 0.831. The SMILES string of the molecule is CN1C[C@H](c2ccccc2)C(=O)[C@@H](c2ccccc2)C1. The second-order valence-electron chi connectivity index (χ2n) is 5.55. The smallest absolute Gasteiger partial charge is 0.150 e. The molecular formula is C18H19NO. The standard InChI is InChI=1S/C18H19NO/c1-19-12-16(14-8-4-2-5-9-14)18(20)17(13-19)15-10-6-3-7-11-15/h2-11,16-17H,12-13H2,1H3/t16-,17-/m1/s1. The molecule has 2 nitrogen and oxygen atoms in total. The molecule has 1 aliphatic heterocycles. The van der Waals surface area contributed by atoms with Crippen LogP contribution in [-0.2, 0) is 4.79 Å². The molecule has 1 heterocycles. The second kappa shape index (κ2) is 5.59. The van der Waals surface area contributed by atoms with E-state index >= 15 is 0 Å². The number of piperidine rings is 1. The topological polar surface area (TPSA) is 20.3 Å². The molecule has 0 aromatic heterocycles. The molecule has 102 valence electrons. The average molecular weight is 265 g/mol. The van der Waals surface area contributed by atoms with Gasteiger partial charge in [-0.1, -0.05) is 60.7 Å². The molecule has 2 atom stereocenters. The minimum Gasteiger partial charge on any atom is -0.304 e. The first-order chi connectivity index (χ1) is 9.75. The third kappa shape index (κ3) is 2.52. The van der Waals surface area contributed by atoms with E-state index in [1.165, 1.54) is 0 Å². The Morgan fingerprint density at radius 2 is 1.20 bits per heavy atom. The van der Waals surface area contributed by atoms with Crippen LogP contribution >= 0.6 is 0 Å². The molecule has 2 aromatic rings. The number of likely N-dealkylation sites (tertiary alicyclic amines) is 1. The molecular weight excluding hydrogens is 246 g/mol. The predicted octanol–water partition coefficient (Wildman–Crippen LogP) is 3.07. The lowest BCUT2D eigenvalue weighted by Crippen LogP contribution is -2.42. The summed E-state index contributed by atoms with van der Waals surface area (Å²) < 4.78 is 0. The van der Waals surface area contributed by atoms with E-state index in [0.29, 0.717) is 5.78 Å². The lowest BCUT2D eigenvalue weighted by molar-refractivity contribution is -0.124. The first-order valence-electron chi connectivity index (χ1n) is 7.08.